The summed E-state index contributed by atoms with van der Waals surface area (Å²) in [6.07, 6.45) is 2.26. The monoisotopic (exact) mass is 343 g/mol. The van der Waals surface area contributed by atoms with E-state index in [4.69, 9.17) is 4.84 Å². The van der Waals surface area contributed by atoms with Crippen molar-refractivity contribution in [2.75, 3.05) is 0 Å². The van der Waals surface area contributed by atoms with Crippen LogP contribution in [0.25, 0.3) is 10.2 Å². The van der Waals surface area contributed by atoms with Crippen LogP contribution in [0.15, 0.2) is 47.5 Å². The fourth-order valence-corrected chi connectivity index (χ4v) is 3.18. The molecule has 2 heterocycles. The van der Waals surface area contributed by atoms with Crippen molar-refractivity contribution < 1.29 is 9.63 Å². The summed E-state index contributed by atoms with van der Waals surface area (Å²) in [5.74, 6) is -0.403. The first kappa shape index (κ1) is 16.4. The van der Waals surface area contributed by atoms with Crippen molar-refractivity contribution in [1.82, 2.24) is 15.0 Å². The van der Waals surface area contributed by atoms with Gasteiger partial charge in [0.1, 0.15) is 11.4 Å². The Labute approximate surface area is 142 Å². The third kappa shape index (κ3) is 3.69. The lowest BCUT2D eigenvalue weighted by atomic mass is 10.2. The molecule has 124 valence electrons. The SMILES string of the molecule is CCc1cc2c(=O)n(CC(=O)NOCc3ccccc3)cnc2s1. The van der Waals surface area contributed by atoms with Gasteiger partial charge in [0.2, 0.25) is 0 Å². The second-order valence-electron chi connectivity index (χ2n) is 5.26. The van der Waals surface area contributed by atoms with Gasteiger partial charge in [0.15, 0.2) is 0 Å². The highest BCUT2D eigenvalue weighted by atomic mass is 32.1. The lowest BCUT2D eigenvalue weighted by molar-refractivity contribution is -0.135. The molecule has 3 aromatic rings. The third-order valence-corrected chi connectivity index (χ3v) is 4.69. The number of amides is 1. The normalized spacial score (nSPS) is 10.9. The third-order valence-electron chi connectivity index (χ3n) is 3.50. The Hall–Kier alpha value is -2.51. The topological polar surface area (TPSA) is 73.2 Å². The number of nitrogens with zero attached hydrogens (tertiary/aromatic N) is 2. The molecule has 0 radical (unpaired) electrons. The minimum absolute atomic E-state index is 0.131. The van der Waals surface area contributed by atoms with Crippen molar-refractivity contribution in [2.45, 2.75) is 26.5 Å². The van der Waals surface area contributed by atoms with Gasteiger partial charge < -0.3 is 0 Å². The molecule has 3 rings (SSSR count). The Balaban J connectivity index is 1.63. The van der Waals surface area contributed by atoms with Gasteiger partial charge >= 0.3 is 0 Å². The molecule has 1 aromatic carbocycles. The molecule has 1 amide bonds. The van der Waals surface area contributed by atoms with Crippen LogP contribution in [0.2, 0.25) is 0 Å². The Morgan fingerprint density at radius 3 is 2.88 bits per heavy atom. The van der Waals surface area contributed by atoms with Crippen LogP contribution in [-0.4, -0.2) is 15.5 Å². The van der Waals surface area contributed by atoms with Crippen LogP contribution in [0.3, 0.4) is 0 Å². The van der Waals surface area contributed by atoms with E-state index < -0.39 is 5.91 Å². The van der Waals surface area contributed by atoms with E-state index >= 15 is 0 Å². The summed E-state index contributed by atoms with van der Waals surface area (Å²) in [4.78, 5) is 35.6. The van der Waals surface area contributed by atoms with Crippen LogP contribution in [-0.2, 0) is 29.2 Å². The second-order valence-corrected chi connectivity index (χ2v) is 6.38. The Kier molecular flexibility index (Phi) is 5.02. The van der Waals surface area contributed by atoms with E-state index in [1.807, 2.05) is 43.3 Å². The van der Waals surface area contributed by atoms with Crippen molar-refractivity contribution in [3.05, 3.63) is 63.5 Å². The highest BCUT2D eigenvalue weighted by Crippen LogP contribution is 2.20. The van der Waals surface area contributed by atoms with E-state index in [1.165, 1.54) is 22.2 Å². The van der Waals surface area contributed by atoms with Crippen molar-refractivity contribution in [1.29, 1.82) is 0 Å². The number of aryl methyl sites for hydroxylation is 1. The lowest BCUT2D eigenvalue weighted by Gasteiger charge is -2.07. The van der Waals surface area contributed by atoms with Gasteiger partial charge in [-0.3, -0.25) is 19.0 Å². The molecule has 0 unspecified atom stereocenters. The highest BCUT2D eigenvalue weighted by molar-refractivity contribution is 7.18. The second kappa shape index (κ2) is 7.37. The molecular formula is C17H17N3O3S. The van der Waals surface area contributed by atoms with Crippen LogP contribution in [0.1, 0.15) is 17.4 Å². The van der Waals surface area contributed by atoms with Gasteiger partial charge in [-0.15, -0.1) is 11.3 Å². The largest absolute Gasteiger partial charge is 0.289 e. The Bertz CT molecular complexity index is 902. The van der Waals surface area contributed by atoms with Gasteiger partial charge in [-0.1, -0.05) is 37.3 Å². The number of aromatic nitrogens is 2. The molecule has 0 aliphatic carbocycles. The summed E-state index contributed by atoms with van der Waals surface area (Å²) in [5.41, 5.74) is 3.08. The van der Waals surface area contributed by atoms with Gasteiger partial charge in [0.25, 0.3) is 11.5 Å². The number of carbonyl (C=O) groups excluding carboxylic acids is 1. The number of carbonyl (C=O) groups is 1. The number of hydroxylamine groups is 1. The van der Waals surface area contributed by atoms with E-state index in [9.17, 15) is 9.59 Å². The van der Waals surface area contributed by atoms with E-state index in [0.29, 0.717) is 10.2 Å². The first-order valence-corrected chi connectivity index (χ1v) is 8.41. The molecule has 0 bridgehead atoms. The van der Waals surface area contributed by atoms with E-state index in [2.05, 4.69) is 10.5 Å². The van der Waals surface area contributed by atoms with Crippen molar-refractivity contribution in [2.24, 2.45) is 0 Å². The molecule has 24 heavy (non-hydrogen) atoms. The average Bonchev–Trinajstić information content (AvgIpc) is 3.03. The maximum Gasteiger partial charge on any atom is 0.263 e. The number of benzene rings is 1. The zero-order valence-electron chi connectivity index (χ0n) is 13.2. The summed E-state index contributed by atoms with van der Waals surface area (Å²) < 4.78 is 1.29. The molecule has 0 saturated heterocycles. The minimum atomic E-state index is -0.403. The molecule has 0 aliphatic rings. The molecule has 1 N–H and O–H groups in total. The molecular weight excluding hydrogens is 326 g/mol. The maximum atomic E-state index is 12.4. The minimum Gasteiger partial charge on any atom is -0.289 e. The lowest BCUT2D eigenvalue weighted by Crippen LogP contribution is -2.32. The van der Waals surface area contributed by atoms with Gasteiger partial charge in [-0.05, 0) is 18.1 Å². The summed E-state index contributed by atoms with van der Waals surface area (Å²) in [6, 6.07) is 11.3. The fourth-order valence-electron chi connectivity index (χ4n) is 2.26. The molecule has 2 aromatic heterocycles. The van der Waals surface area contributed by atoms with Crippen molar-refractivity contribution in [3.8, 4) is 0 Å². The molecule has 6 nitrogen and oxygen atoms in total. The molecule has 0 spiro atoms. The van der Waals surface area contributed by atoms with Gasteiger partial charge in [-0.2, -0.15) is 0 Å². The smallest absolute Gasteiger partial charge is 0.263 e. The van der Waals surface area contributed by atoms with Gasteiger partial charge in [0.05, 0.1) is 18.3 Å². The van der Waals surface area contributed by atoms with Gasteiger partial charge in [-0.25, -0.2) is 10.5 Å². The Morgan fingerprint density at radius 2 is 2.12 bits per heavy atom. The fraction of sp³-hybridized carbons (Fsp3) is 0.235. The maximum absolute atomic E-state index is 12.4. The van der Waals surface area contributed by atoms with Gasteiger partial charge in [0, 0.05) is 4.88 Å². The van der Waals surface area contributed by atoms with Crippen LogP contribution >= 0.6 is 11.3 Å². The predicted octanol–water partition coefficient (Wildman–Crippen LogP) is 2.27. The van der Waals surface area contributed by atoms with Crippen molar-refractivity contribution in [3.63, 3.8) is 0 Å². The highest BCUT2D eigenvalue weighted by Gasteiger charge is 2.11. The quantitative estimate of drug-likeness (QED) is 0.697. The van der Waals surface area contributed by atoms with Crippen LogP contribution in [0.4, 0.5) is 0 Å². The predicted molar refractivity (Wildman–Crippen MR) is 92.6 cm³/mol. The number of hydrogen-bond donors (Lipinski definition) is 1. The molecule has 0 fully saturated rings. The van der Waals surface area contributed by atoms with Crippen LogP contribution < -0.4 is 11.0 Å². The molecule has 0 atom stereocenters. The van der Waals surface area contributed by atoms with E-state index in [-0.39, 0.29) is 18.7 Å². The van der Waals surface area contributed by atoms with Crippen LogP contribution in [0.5, 0.6) is 0 Å². The molecule has 0 saturated carbocycles. The van der Waals surface area contributed by atoms with Crippen LogP contribution in [0, 0.1) is 0 Å². The Morgan fingerprint density at radius 1 is 1.33 bits per heavy atom. The number of hydrogen-bond acceptors (Lipinski definition) is 5. The summed E-state index contributed by atoms with van der Waals surface area (Å²) in [5, 5.41) is 0.553. The van der Waals surface area contributed by atoms with Crippen molar-refractivity contribution >= 4 is 27.5 Å². The summed E-state index contributed by atoms with van der Waals surface area (Å²) in [7, 11) is 0. The number of nitrogens with one attached hydrogen (secondary N) is 1. The summed E-state index contributed by atoms with van der Waals surface area (Å²) >= 11 is 1.50. The molecule has 7 heteroatoms. The molecule has 0 aliphatic heterocycles. The number of fused-ring (bicyclic) bond motifs is 1. The first-order chi connectivity index (χ1) is 11.7. The zero-order chi connectivity index (χ0) is 16.9. The number of thiophene rings is 1. The van der Waals surface area contributed by atoms with E-state index in [0.717, 1.165) is 16.9 Å². The zero-order valence-corrected chi connectivity index (χ0v) is 14.0. The van der Waals surface area contributed by atoms with E-state index in [1.54, 1.807) is 0 Å². The standard InChI is InChI=1S/C17H17N3O3S/c1-2-13-8-14-16(24-13)18-11-20(17(14)22)9-15(21)19-23-10-12-6-4-3-5-7-12/h3-8,11H,2,9-10H2,1H3,(H,19,21). The summed E-state index contributed by atoms with van der Waals surface area (Å²) in [6.45, 7) is 2.16. The average molecular weight is 343 g/mol. The first-order valence-electron chi connectivity index (χ1n) is 7.59. The number of rotatable bonds is 6.